The predicted molar refractivity (Wildman–Crippen MR) is 60.5 cm³/mol. The summed E-state index contributed by atoms with van der Waals surface area (Å²) in [7, 11) is -8.19. The molecule has 26 heavy (non-hydrogen) atoms. The van der Waals surface area contributed by atoms with E-state index in [1.807, 2.05) is 0 Å². The Labute approximate surface area is 165 Å². The first-order valence-electron chi connectivity index (χ1n) is 4.18. The van der Waals surface area contributed by atoms with E-state index in [-0.39, 0.29) is 58.6 Å². The van der Waals surface area contributed by atoms with Gasteiger partial charge in [0, 0.05) is 13.1 Å². The summed E-state index contributed by atoms with van der Waals surface area (Å²) >= 11 is 0. The van der Waals surface area contributed by atoms with Crippen LogP contribution in [0.25, 0.3) is 0 Å². The molecule has 0 aliphatic heterocycles. The van der Waals surface area contributed by atoms with Gasteiger partial charge in [0.05, 0.1) is 0 Å². The standard InChI is InChI=1S/C3H9NO.C2H8N2.2ClHO4.6H2O.Zn/c1-3(5)4-2;3-1-2-4;2*2-1(3,4)5;;;;;;;/h3-5H,1-2H3;1-4H2;2*(H,2,3,4,5);6*1H2;/q;;;;;;;;;;+2/p-2. The van der Waals surface area contributed by atoms with E-state index < -0.39 is 20.5 Å². The summed E-state index contributed by atoms with van der Waals surface area (Å²) in [6, 6.07) is 0. The van der Waals surface area contributed by atoms with Crippen molar-refractivity contribution < 1.29 is 115 Å². The fraction of sp³-hybridized carbons (Fsp3) is 1.00. The van der Waals surface area contributed by atoms with Crippen molar-refractivity contribution >= 4 is 0 Å². The summed E-state index contributed by atoms with van der Waals surface area (Å²) in [4.78, 5) is 0. The van der Waals surface area contributed by atoms with Gasteiger partial charge in [0.15, 0.2) is 0 Å². The SMILES string of the molecule is CNC(C)O.NCCN.O.O.O.O.O.O.[O-][Cl+3]([O-])([O-])[O-].[O-][Cl+3]([O-])([O-])[O-].[Zn+2]. The third-order valence-electron chi connectivity index (χ3n) is 0.584. The Balaban J connectivity index is -0.0000000118. The molecule has 18 nitrogen and oxygen atoms in total. The summed E-state index contributed by atoms with van der Waals surface area (Å²) in [5.41, 5.74) is 9.81. The third-order valence-corrected chi connectivity index (χ3v) is 0.584. The maximum atomic E-state index is 8.49. The monoisotopic (exact) mass is 505 g/mol. The molecule has 0 amide bonds. The van der Waals surface area contributed by atoms with E-state index >= 15 is 0 Å². The van der Waals surface area contributed by atoms with Gasteiger partial charge in [0.25, 0.3) is 0 Å². The van der Waals surface area contributed by atoms with Crippen molar-refractivity contribution in [2.75, 3.05) is 20.1 Å². The summed E-state index contributed by atoms with van der Waals surface area (Å²) in [6.45, 7) is 2.86. The second kappa shape index (κ2) is 44.7. The zero-order valence-corrected chi connectivity index (χ0v) is 18.3. The molecule has 0 fully saturated rings. The number of aliphatic hydroxyl groups is 1. The van der Waals surface area contributed by atoms with Crippen LogP contribution < -0.4 is 54.1 Å². The molecule has 0 bridgehead atoms. The van der Waals surface area contributed by atoms with Gasteiger partial charge in [0.2, 0.25) is 0 Å². The Morgan fingerprint density at radius 2 is 0.808 bits per heavy atom. The van der Waals surface area contributed by atoms with E-state index in [1.54, 1.807) is 14.0 Å². The Kier molecular flexibility index (Phi) is 123. The molecule has 0 radical (unpaired) electrons. The van der Waals surface area contributed by atoms with Gasteiger partial charge in [-0.15, -0.1) is 20.5 Å². The molecule has 0 saturated heterocycles. The number of nitrogens with one attached hydrogen (secondary N) is 1. The molecule has 0 aliphatic carbocycles. The van der Waals surface area contributed by atoms with Crippen molar-refractivity contribution in [2.24, 2.45) is 11.5 Å². The molecule has 0 aromatic heterocycles. The van der Waals surface area contributed by atoms with Crippen LogP contribution in [0.2, 0.25) is 0 Å². The van der Waals surface area contributed by atoms with Gasteiger partial charge in [-0.05, 0) is 14.0 Å². The summed E-state index contributed by atoms with van der Waals surface area (Å²) in [6.07, 6.45) is -0.366. The number of hydrogen-bond acceptors (Lipinski definition) is 12. The van der Waals surface area contributed by atoms with Crippen LogP contribution in [-0.4, -0.2) is 64.3 Å². The van der Waals surface area contributed by atoms with Gasteiger partial charge in [-0.3, -0.25) is 5.32 Å². The molecule has 0 heterocycles. The zero-order chi connectivity index (χ0) is 16.7. The molecule has 1 unspecified atom stereocenters. The van der Waals surface area contributed by atoms with Crippen molar-refractivity contribution in [1.82, 2.24) is 5.32 Å². The normalized spacial score (nSPS) is 8.65. The van der Waals surface area contributed by atoms with Crippen LogP contribution in [0.4, 0.5) is 0 Å². The van der Waals surface area contributed by atoms with Crippen molar-refractivity contribution in [2.45, 2.75) is 13.2 Å². The van der Waals surface area contributed by atoms with E-state index in [2.05, 4.69) is 5.32 Å². The van der Waals surface area contributed by atoms with Crippen LogP contribution in [0.1, 0.15) is 6.92 Å². The van der Waals surface area contributed by atoms with Gasteiger partial charge in [-0.1, -0.05) is 0 Å². The average Bonchev–Trinajstić information content (AvgIpc) is 2.13. The summed E-state index contributed by atoms with van der Waals surface area (Å²) in [5, 5.41) is 10.8. The van der Waals surface area contributed by atoms with Gasteiger partial charge < -0.3 is 49.4 Å². The minimum Gasteiger partial charge on any atom is -0.412 e. The molecule has 0 rings (SSSR count). The van der Waals surface area contributed by atoms with Crippen molar-refractivity contribution in [1.29, 1.82) is 0 Å². The molecule has 170 valence electrons. The Morgan fingerprint density at radius 1 is 0.731 bits per heavy atom. The largest absolute Gasteiger partial charge is 2.00 e. The summed E-state index contributed by atoms with van der Waals surface area (Å²) < 4.78 is 67.9. The average molecular weight is 508 g/mol. The Morgan fingerprint density at radius 3 is 0.808 bits per heavy atom. The van der Waals surface area contributed by atoms with E-state index in [9.17, 15) is 0 Å². The van der Waals surface area contributed by atoms with Crippen LogP contribution >= 0.6 is 0 Å². The van der Waals surface area contributed by atoms with Gasteiger partial charge >= 0.3 is 19.5 Å². The molecule has 0 aliphatic rings. The number of nitrogens with two attached hydrogens (primary N) is 2. The molecular weight excluding hydrogens is 478 g/mol. The number of hydrogen-bond donors (Lipinski definition) is 4. The van der Waals surface area contributed by atoms with Crippen molar-refractivity contribution in [3.63, 3.8) is 0 Å². The van der Waals surface area contributed by atoms with E-state index in [0.717, 1.165) is 0 Å². The van der Waals surface area contributed by atoms with Crippen molar-refractivity contribution in [3.05, 3.63) is 0 Å². The first-order chi connectivity index (χ1) is 8.18. The second-order valence-corrected chi connectivity index (χ2v) is 3.81. The Bertz CT molecular complexity index is 148. The fourth-order valence-electron chi connectivity index (χ4n) is 0. The van der Waals surface area contributed by atoms with E-state index in [0.29, 0.717) is 13.1 Å². The van der Waals surface area contributed by atoms with Crippen LogP contribution in [0, 0.1) is 20.5 Å². The van der Waals surface area contributed by atoms with Gasteiger partial charge in [0.1, 0.15) is 6.23 Å². The Hall–Kier alpha value is 0.483. The molecule has 18 N–H and O–H groups in total. The summed E-state index contributed by atoms with van der Waals surface area (Å²) in [5.74, 6) is 0. The number of halogens is 2. The van der Waals surface area contributed by atoms with Crippen molar-refractivity contribution in [3.8, 4) is 0 Å². The molecule has 1 atom stereocenters. The maximum absolute atomic E-state index is 8.49. The molecular formula is C5H29Cl2N3O15Zn. The predicted octanol–water partition coefficient (Wildman–Crippen LogP) is -16.0. The fourth-order valence-corrected chi connectivity index (χ4v) is 0. The van der Waals surface area contributed by atoms with Crippen LogP contribution in [0.5, 0.6) is 0 Å². The van der Waals surface area contributed by atoms with Crippen LogP contribution in [-0.2, 0) is 19.5 Å². The van der Waals surface area contributed by atoms with E-state index in [4.69, 9.17) is 53.8 Å². The molecule has 0 saturated carbocycles. The van der Waals surface area contributed by atoms with Gasteiger partial charge in [-0.25, -0.2) is 37.3 Å². The quantitative estimate of drug-likeness (QED) is 0.200. The molecule has 21 heteroatoms. The zero-order valence-electron chi connectivity index (χ0n) is 13.8. The minimum absolute atomic E-state index is 0. The molecule has 0 aromatic rings. The number of aliphatic hydroxyl groups excluding tert-OH is 1. The smallest absolute Gasteiger partial charge is 0.412 e. The first-order valence-corrected chi connectivity index (χ1v) is 6.64. The van der Waals surface area contributed by atoms with Gasteiger partial charge in [-0.2, -0.15) is 0 Å². The van der Waals surface area contributed by atoms with Crippen LogP contribution in [0.15, 0.2) is 0 Å². The third kappa shape index (κ3) is 1110. The van der Waals surface area contributed by atoms with Crippen LogP contribution in [0.3, 0.4) is 0 Å². The topological polar surface area (TPSA) is 458 Å². The van der Waals surface area contributed by atoms with E-state index in [1.165, 1.54) is 0 Å². The molecule has 0 spiro atoms. The first kappa shape index (κ1) is 71.7. The maximum Gasteiger partial charge on any atom is 2.00 e. The molecule has 0 aromatic carbocycles. The number of rotatable bonds is 2. The minimum atomic E-state index is -4.94. The second-order valence-electron chi connectivity index (χ2n) is 2.30.